The highest BCUT2D eigenvalue weighted by Crippen LogP contribution is 2.32. The summed E-state index contributed by atoms with van der Waals surface area (Å²) in [5, 5.41) is 4.84. The third kappa shape index (κ3) is 2.84. The fraction of sp³-hybridized carbons (Fsp3) is 0.294. The SMILES string of the molecule is COc1cccc2cc(C(=O)N(c3c(C)nn(C)c3C)S(C)(=O)=O)oc12. The molecule has 0 aliphatic carbocycles. The molecular weight excluding hydrogens is 358 g/mol. The van der Waals surface area contributed by atoms with E-state index in [1.807, 2.05) is 0 Å². The number of aryl methyl sites for hydroxylation is 2. The second-order valence-corrected chi connectivity index (χ2v) is 7.80. The first-order valence-corrected chi connectivity index (χ1v) is 9.61. The van der Waals surface area contributed by atoms with Crippen LogP contribution in [0, 0.1) is 13.8 Å². The lowest BCUT2D eigenvalue weighted by molar-refractivity contribution is 0.0981. The number of furan rings is 1. The Labute approximate surface area is 151 Å². The van der Waals surface area contributed by atoms with Crippen LogP contribution in [0.3, 0.4) is 0 Å². The molecular formula is C17H19N3O5S. The van der Waals surface area contributed by atoms with Crippen LogP contribution in [-0.4, -0.2) is 37.5 Å². The highest BCUT2D eigenvalue weighted by Gasteiger charge is 2.33. The van der Waals surface area contributed by atoms with Crippen LogP contribution >= 0.6 is 0 Å². The van der Waals surface area contributed by atoms with Crippen LogP contribution in [-0.2, 0) is 17.1 Å². The number of fused-ring (bicyclic) bond motifs is 1. The topological polar surface area (TPSA) is 94.6 Å². The largest absolute Gasteiger partial charge is 0.493 e. The number of carbonyl (C=O) groups excluding carboxylic acids is 1. The normalized spacial score (nSPS) is 11.7. The van der Waals surface area contributed by atoms with E-state index in [2.05, 4.69) is 5.10 Å². The van der Waals surface area contributed by atoms with Gasteiger partial charge in [-0.25, -0.2) is 8.42 Å². The standard InChI is InChI=1S/C17H19N3O5S/c1-10-15(11(2)19(3)18-10)20(26(5,22)23)17(21)14-9-12-7-6-8-13(24-4)16(12)25-14/h6-9H,1-5H3. The average molecular weight is 377 g/mol. The molecule has 3 aromatic rings. The summed E-state index contributed by atoms with van der Waals surface area (Å²) < 4.78 is 37.9. The van der Waals surface area contributed by atoms with E-state index in [9.17, 15) is 13.2 Å². The number of para-hydroxylation sites is 1. The van der Waals surface area contributed by atoms with Crippen LogP contribution in [0.2, 0.25) is 0 Å². The summed E-state index contributed by atoms with van der Waals surface area (Å²) in [5.74, 6) is -0.427. The number of anilines is 1. The Morgan fingerprint density at radius 2 is 2.00 bits per heavy atom. The van der Waals surface area contributed by atoms with Crippen LogP contribution in [0.1, 0.15) is 21.9 Å². The van der Waals surface area contributed by atoms with Crippen molar-refractivity contribution in [3.63, 3.8) is 0 Å². The summed E-state index contributed by atoms with van der Waals surface area (Å²) in [6.45, 7) is 3.35. The van der Waals surface area contributed by atoms with Crippen molar-refractivity contribution in [1.29, 1.82) is 0 Å². The van der Waals surface area contributed by atoms with Gasteiger partial charge in [-0.05, 0) is 26.0 Å². The van der Waals surface area contributed by atoms with Gasteiger partial charge >= 0.3 is 5.91 Å². The van der Waals surface area contributed by atoms with E-state index in [1.54, 1.807) is 39.1 Å². The number of sulfonamides is 1. The van der Waals surface area contributed by atoms with Gasteiger partial charge in [-0.2, -0.15) is 9.40 Å². The molecule has 0 saturated heterocycles. The lowest BCUT2D eigenvalue weighted by Gasteiger charge is -2.19. The Kier molecular flexibility index (Phi) is 4.27. The summed E-state index contributed by atoms with van der Waals surface area (Å²) in [4.78, 5) is 13.1. The molecule has 0 radical (unpaired) electrons. The number of hydrogen-bond donors (Lipinski definition) is 0. The molecule has 0 N–H and O–H groups in total. The van der Waals surface area contributed by atoms with Crippen LogP contribution in [0.25, 0.3) is 11.0 Å². The highest BCUT2D eigenvalue weighted by molar-refractivity contribution is 7.92. The number of carbonyl (C=O) groups is 1. The molecule has 3 rings (SSSR count). The number of rotatable bonds is 4. The zero-order chi connectivity index (χ0) is 19.2. The van der Waals surface area contributed by atoms with Crippen molar-refractivity contribution < 1.29 is 22.4 Å². The second-order valence-electron chi connectivity index (χ2n) is 5.96. The van der Waals surface area contributed by atoms with Crippen LogP contribution in [0.15, 0.2) is 28.7 Å². The average Bonchev–Trinajstić information content (AvgIpc) is 3.10. The molecule has 0 atom stereocenters. The van der Waals surface area contributed by atoms with Gasteiger partial charge in [0.05, 0.1) is 24.8 Å². The quantitative estimate of drug-likeness (QED) is 0.693. The molecule has 1 amide bonds. The number of aromatic nitrogens is 2. The molecule has 0 aliphatic heterocycles. The predicted molar refractivity (Wildman–Crippen MR) is 97.1 cm³/mol. The predicted octanol–water partition coefficient (Wildman–Crippen LogP) is 2.40. The minimum atomic E-state index is -3.91. The van der Waals surface area contributed by atoms with Crippen LogP contribution < -0.4 is 9.04 Å². The second kappa shape index (κ2) is 6.17. The molecule has 26 heavy (non-hydrogen) atoms. The molecule has 2 aromatic heterocycles. The Bertz CT molecular complexity index is 1110. The lowest BCUT2D eigenvalue weighted by Crippen LogP contribution is -2.36. The van der Waals surface area contributed by atoms with E-state index in [4.69, 9.17) is 9.15 Å². The monoisotopic (exact) mass is 377 g/mol. The first-order chi connectivity index (χ1) is 12.1. The van der Waals surface area contributed by atoms with Crippen molar-refractivity contribution in [1.82, 2.24) is 9.78 Å². The summed E-state index contributed by atoms with van der Waals surface area (Å²) >= 11 is 0. The molecule has 0 aliphatic rings. The lowest BCUT2D eigenvalue weighted by atomic mass is 10.2. The molecule has 9 heteroatoms. The maximum atomic E-state index is 13.1. The van der Waals surface area contributed by atoms with Crippen molar-refractivity contribution in [3.8, 4) is 5.75 Å². The molecule has 0 spiro atoms. The van der Waals surface area contributed by atoms with Gasteiger partial charge in [0.25, 0.3) is 0 Å². The summed E-state index contributed by atoms with van der Waals surface area (Å²) in [7, 11) is -0.738. The zero-order valence-electron chi connectivity index (χ0n) is 15.1. The van der Waals surface area contributed by atoms with Gasteiger partial charge in [0.1, 0.15) is 5.69 Å². The van der Waals surface area contributed by atoms with E-state index in [0.717, 1.165) is 10.6 Å². The van der Waals surface area contributed by atoms with Gasteiger partial charge < -0.3 is 9.15 Å². The molecule has 0 unspecified atom stereocenters. The van der Waals surface area contributed by atoms with Gasteiger partial charge in [-0.1, -0.05) is 12.1 Å². The Morgan fingerprint density at radius 1 is 1.31 bits per heavy atom. The number of ether oxygens (including phenoxy) is 1. The number of methoxy groups -OCH3 is 1. The minimum absolute atomic E-state index is 0.0995. The highest BCUT2D eigenvalue weighted by atomic mass is 32.2. The maximum Gasteiger partial charge on any atom is 0.307 e. The van der Waals surface area contributed by atoms with Gasteiger partial charge in [0.2, 0.25) is 10.0 Å². The Morgan fingerprint density at radius 3 is 2.54 bits per heavy atom. The molecule has 1 aromatic carbocycles. The molecule has 0 fully saturated rings. The third-order valence-electron chi connectivity index (χ3n) is 4.13. The maximum absolute atomic E-state index is 13.1. The fourth-order valence-corrected chi connectivity index (χ4v) is 3.86. The van der Waals surface area contributed by atoms with E-state index in [-0.39, 0.29) is 11.4 Å². The summed E-state index contributed by atoms with van der Waals surface area (Å²) in [5.41, 5.74) is 1.59. The first-order valence-electron chi connectivity index (χ1n) is 7.76. The third-order valence-corrected chi connectivity index (χ3v) is 5.14. The number of nitrogens with zero attached hydrogens (tertiary/aromatic N) is 3. The van der Waals surface area contributed by atoms with Gasteiger partial charge in [-0.15, -0.1) is 0 Å². The van der Waals surface area contributed by atoms with Gasteiger partial charge in [-0.3, -0.25) is 9.48 Å². The fourth-order valence-electron chi connectivity index (χ4n) is 2.88. The molecule has 8 nitrogen and oxygen atoms in total. The zero-order valence-corrected chi connectivity index (χ0v) is 15.9. The van der Waals surface area contributed by atoms with Gasteiger partial charge in [0.15, 0.2) is 17.1 Å². The molecule has 0 saturated carbocycles. The first kappa shape index (κ1) is 18.0. The Balaban J connectivity index is 2.19. The molecule has 0 bridgehead atoms. The van der Waals surface area contributed by atoms with Crippen molar-refractivity contribution in [2.75, 3.05) is 17.7 Å². The minimum Gasteiger partial charge on any atom is -0.493 e. The van der Waals surface area contributed by atoms with Crippen molar-refractivity contribution in [3.05, 3.63) is 41.4 Å². The molecule has 138 valence electrons. The van der Waals surface area contributed by atoms with Crippen LogP contribution in [0.5, 0.6) is 5.75 Å². The molecule has 2 heterocycles. The van der Waals surface area contributed by atoms with E-state index < -0.39 is 15.9 Å². The Hall–Kier alpha value is -2.81. The number of benzene rings is 1. The summed E-state index contributed by atoms with van der Waals surface area (Å²) in [6.07, 6.45) is 0.972. The van der Waals surface area contributed by atoms with E-state index >= 15 is 0 Å². The number of hydrogen-bond acceptors (Lipinski definition) is 6. The van der Waals surface area contributed by atoms with E-state index in [1.165, 1.54) is 17.9 Å². The van der Waals surface area contributed by atoms with Crippen LogP contribution in [0.4, 0.5) is 5.69 Å². The number of amides is 1. The summed E-state index contributed by atoms with van der Waals surface area (Å²) in [6, 6.07) is 6.71. The van der Waals surface area contributed by atoms with Gasteiger partial charge in [0, 0.05) is 12.4 Å². The smallest absolute Gasteiger partial charge is 0.307 e. The van der Waals surface area contributed by atoms with Crippen molar-refractivity contribution >= 4 is 32.6 Å². The van der Waals surface area contributed by atoms with Crippen molar-refractivity contribution in [2.45, 2.75) is 13.8 Å². The van der Waals surface area contributed by atoms with E-state index in [0.29, 0.717) is 28.1 Å². The van der Waals surface area contributed by atoms with Crippen molar-refractivity contribution in [2.24, 2.45) is 7.05 Å².